The zero-order valence-corrected chi connectivity index (χ0v) is 16.1. The zero-order valence-electron chi connectivity index (χ0n) is 16.1. The van der Waals surface area contributed by atoms with Gasteiger partial charge in [0.2, 0.25) is 17.6 Å². The van der Waals surface area contributed by atoms with Crippen molar-refractivity contribution in [2.24, 2.45) is 0 Å². The van der Waals surface area contributed by atoms with Gasteiger partial charge in [0, 0.05) is 44.6 Å². The summed E-state index contributed by atoms with van der Waals surface area (Å²) in [6, 6.07) is 7.19. The van der Waals surface area contributed by atoms with E-state index in [0.717, 1.165) is 5.56 Å². The van der Waals surface area contributed by atoms with E-state index in [1.54, 1.807) is 24.1 Å². The number of hydrogen-bond acceptors (Lipinski definition) is 6. The first kappa shape index (κ1) is 21.1. The van der Waals surface area contributed by atoms with Crippen molar-refractivity contribution in [3.05, 3.63) is 30.2 Å². The molecule has 0 atom stereocenters. The van der Waals surface area contributed by atoms with Gasteiger partial charge in [-0.25, -0.2) is 0 Å². The second-order valence-corrected chi connectivity index (χ2v) is 6.87. The number of aromatic nitrogens is 2. The molecule has 1 aliphatic rings. The van der Waals surface area contributed by atoms with E-state index in [4.69, 9.17) is 9.26 Å². The lowest BCUT2D eigenvalue weighted by Gasteiger charge is -2.22. The van der Waals surface area contributed by atoms with Gasteiger partial charge in [-0.15, -0.1) is 0 Å². The minimum absolute atomic E-state index is 0.122. The number of carbonyl (C=O) groups is 1. The largest absolute Gasteiger partial charge is 0.497 e. The number of ether oxygens (including phenoxy) is 1. The number of benzene rings is 1. The minimum Gasteiger partial charge on any atom is -0.497 e. The maximum Gasteiger partial charge on any atom is 0.401 e. The van der Waals surface area contributed by atoms with Gasteiger partial charge in [0.1, 0.15) is 5.75 Å². The fraction of sp³-hybridized carbons (Fsp3) is 0.526. The van der Waals surface area contributed by atoms with Gasteiger partial charge < -0.3 is 14.2 Å². The lowest BCUT2D eigenvalue weighted by molar-refractivity contribution is -0.145. The molecule has 1 fully saturated rings. The molecule has 3 rings (SSSR count). The van der Waals surface area contributed by atoms with Gasteiger partial charge in [0.05, 0.1) is 13.7 Å². The molecule has 0 saturated carbocycles. The van der Waals surface area contributed by atoms with E-state index in [0.29, 0.717) is 37.0 Å². The van der Waals surface area contributed by atoms with Crippen LogP contribution >= 0.6 is 0 Å². The molecule has 7 nitrogen and oxygen atoms in total. The van der Waals surface area contributed by atoms with Gasteiger partial charge in [-0.2, -0.15) is 18.2 Å². The first-order chi connectivity index (χ1) is 13.8. The number of methoxy groups -OCH3 is 1. The number of aryl methyl sites for hydroxylation is 1. The number of amides is 1. The molecule has 1 aromatic heterocycles. The van der Waals surface area contributed by atoms with E-state index in [1.807, 2.05) is 12.1 Å². The Hall–Kier alpha value is -2.62. The third kappa shape index (κ3) is 6.18. The molecule has 1 amide bonds. The Labute approximate surface area is 166 Å². The molecule has 0 bridgehead atoms. The summed E-state index contributed by atoms with van der Waals surface area (Å²) in [5.74, 6) is 1.36. The summed E-state index contributed by atoms with van der Waals surface area (Å²) >= 11 is 0. The summed E-state index contributed by atoms with van der Waals surface area (Å²) in [4.78, 5) is 19.7. The molecule has 0 unspecified atom stereocenters. The van der Waals surface area contributed by atoms with Crippen LogP contribution in [0.15, 0.2) is 28.8 Å². The molecular weight excluding hydrogens is 389 g/mol. The average Bonchev–Trinajstić information content (AvgIpc) is 3.05. The lowest BCUT2D eigenvalue weighted by atomic mass is 10.2. The summed E-state index contributed by atoms with van der Waals surface area (Å²) in [5.41, 5.74) is 0.768. The molecule has 158 valence electrons. The number of hydrogen-bond donors (Lipinski definition) is 0. The summed E-state index contributed by atoms with van der Waals surface area (Å²) in [6.45, 7) is 0.348. The Morgan fingerprint density at radius 3 is 2.62 bits per heavy atom. The molecule has 1 aromatic carbocycles. The Morgan fingerprint density at radius 2 is 1.93 bits per heavy atom. The Kier molecular flexibility index (Phi) is 6.73. The van der Waals surface area contributed by atoms with Crippen LogP contribution < -0.4 is 4.74 Å². The van der Waals surface area contributed by atoms with E-state index < -0.39 is 12.7 Å². The number of alkyl halides is 3. The maximum absolute atomic E-state index is 12.5. The molecule has 2 aromatic rings. The van der Waals surface area contributed by atoms with Crippen LogP contribution in [0.1, 0.15) is 18.7 Å². The predicted molar refractivity (Wildman–Crippen MR) is 98.3 cm³/mol. The smallest absolute Gasteiger partial charge is 0.401 e. The van der Waals surface area contributed by atoms with E-state index in [1.165, 1.54) is 4.90 Å². The molecular formula is C19H23F3N4O3. The van der Waals surface area contributed by atoms with E-state index in [-0.39, 0.29) is 31.8 Å². The molecule has 2 heterocycles. The zero-order chi connectivity index (χ0) is 20.9. The third-order valence-electron chi connectivity index (χ3n) is 4.71. The molecule has 10 heteroatoms. The quantitative estimate of drug-likeness (QED) is 0.727. The highest BCUT2D eigenvalue weighted by atomic mass is 19.4. The van der Waals surface area contributed by atoms with Crippen LogP contribution in [0, 0.1) is 0 Å². The normalized spacial score (nSPS) is 15.9. The minimum atomic E-state index is -4.22. The van der Waals surface area contributed by atoms with E-state index >= 15 is 0 Å². The van der Waals surface area contributed by atoms with E-state index in [9.17, 15) is 18.0 Å². The van der Waals surface area contributed by atoms with Crippen LogP contribution in [-0.4, -0.2) is 71.9 Å². The highest BCUT2D eigenvalue weighted by Crippen LogP contribution is 2.20. The van der Waals surface area contributed by atoms with Crippen molar-refractivity contribution >= 4 is 5.91 Å². The van der Waals surface area contributed by atoms with Crippen molar-refractivity contribution in [1.82, 2.24) is 19.9 Å². The highest BCUT2D eigenvalue weighted by Gasteiger charge is 2.31. The Bertz CT molecular complexity index is 808. The summed E-state index contributed by atoms with van der Waals surface area (Å²) in [5, 5.41) is 3.93. The number of nitrogens with zero attached hydrogens (tertiary/aromatic N) is 4. The fourth-order valence-electron chi connectivity index (χ4n) is 3.22. The maximum atomic E-state index is 12.5. The topological polar surface area (TPSA) is 71.7 Å². The van der Waals surface area contributed by atoms with Gasteiger partial charge in [-0.05, 0) is 30.7 Å². The van der Waals surface area contributed by atoms with Crippen molar-refractivity contribution in [2.75, 3.05) is 39.8 Å². The summed E-state index contributed by atoms with van der Waals surface area (Å²) < 4.78 is 48.0. The average molecular weight is 412 g/mol. The van der Waals surface area contributed by atoms with Crippen LogP contribution in [0.2, 0.25) is 0 Å². The Balaban J connectivity index is 1.50. The molecule has 29 heavy (non-hydrogen) atoms. The summed E-state index contributed by atoms with van der Waals surface area (Å²) in [6.07, 6.45) is -3.25. The van der Waals surface area contributed by atoms with Crippen molar-refractivity contribution in [3.63, 3.8) is 0 Å². The predicted octanol–water partition coefficient (Wildman–Crippen LogP) is 2.77. The van der Waals surface area contributed by atoms with Crippen LogP contribution in [-0.2, 0) is 11.2 Å². The molecule has 0 spiro atoms. The molecule has 0 radical (unpaired) electrons. The highest BCUT2D eigenvalue weighted by molar-refractivity contribution is 5.76. The second kappa shape index (κ2) is 9.25. The van der Waals surface area contributed by atoms with Crippen LogP contribution in [0.4, 0.5) is 13.2 Å². The first-order valence-corrected chi connectivity index (χ1v) is 9.38. The SMILES string of the molecule is COc1ccc(-c2noc(CCC(=O)N3CCCN(CC(F)(F)F)CC3)n2)cc1. The standard InChI is InChI=1S/C19H23F3N4O3/c1-28-15-5-3-14(4-6-15)18-23-16(29-24-18)7-8-17(27)26-10-2-9-25(11-12-26)13-19(20,21)22/h3-6H,2,7-13H2,1H3. The van der Waals surface area contributed by atoms with Crippen molar-refractivity contribution in [2.45, 2.75) is 25.4 Å². The summed E-state index contributed by atoms with van der Waals surface area (Å²) in [7, 11) is 1.58. The van der Waals surface area contributed by atoms with E-state index in [2.05, 4.69) is 10.1 Å². The molecule has 1 saturated heterocycles. The van der Waals surface area contributed by atoms with Gasteiger partial charge in [-0.3, -0.25) is 9.69 Å². The number of carbonyl (C=O) groups excluding carboxylic acids is 1. The third-order valence-corrected chi connectivity index (χ3v) is 4.71. The number of rotatable bonds is 6. The Morgan fingerprint density at radius 1 is 1.17 bits per heavy atom. The molecule has 1 aliphatic heterocycles. The molecule has 0 N–H and O–H groups in total. The van der Waals surface area contributed by atoms with Gasteiger partial charge >= 0.3 is 6.18 Å². The van der Waals surface area contributed by atoms with Crippen molar-refractivity contribution in [3.8, 4) is 17.1 Å². The van der Waals surface area contributed by atoms with Crippen molar-refractivity contribution in [1.29, 1.82) is 0 Å². The second-order valence-electron chi connectivity index (χ2n) is 6.87. The van der Waals surface area contributed by atoms with Crippen molar-refractivity contribution < 1.29 is 27.2 Å². The van der Waals surface area contributed by atoms with Crippen LogP contribution in [0.25, 0.3) is 11.4 Å². The van der Waals surface area contributed by atoms with Gasteiger partial charge in [0.15, 0.2) is 0 Å². The molecule has 0 aliphatic carbocycles. The van der Waals surface area contributed by atoms with Gasteiger partial charge in [-0.1, -0.05) is 5.16 Å². The van der Waals surface area contributed by atoms with Crippen LogP contribution in [0.3, 0.4) is 0 Å². The fourth-order valence-corrected chi connectivity index (χ4v) is 3.22. The monoisotopic (exact) mass is 412 g/mol. The lowest BCUT2D eigenvalue weighted by Crippen LogP contribution is -2.38. The van der Waals surface area contributed by atoms with Crippen LogP contribution in [0.5, 0.6) is 5.75 Å². The number of halogens is 3. The van der Waals surface area contributed by atoms with Gasteiger partial charge in [0.25, 0.3) is 0 Å². The first-order valence-electron chi connectivity index (χ1n) is 9.38.